The van der Waals surface area contributed by atoms with Crippen molar-refractivity contribution in [1.29, 1.82) is 0 Å². The van der Waals surface area contributed by atoms with E-state index in [1.807, 2.05) is 6.92 Å². The first-order chi connectivity index (χ1) is 9.04. The molecule has 0 radical (unpaired) electrons. The Hall–Kier alpha value is -1.88. The molecule has 19 heavy (non-hydrogen) atoms. The molecule has 0 aliphatic heterocycles. The molecular formula is C13H10N2O2S2. The molecule has 0 amide bonds. The Labute approximate surface area is 116 Å². The van der Waals surface area contributed by atoms with Crippen LogP contribution in [-0.2, 0) is 9.84 Å². The van der Waals surface area contributed by atoms with Crippen LogP contribution in [0.15, 0.2) is 57.5 Å². The van der Waals surface area contributed by atoms with Gasteiger partial charge in [-0.05, 0) is 61.1 Å². The minimum Gasteiger partial charge on any atom is -0.244 e. The number of hydrogen-bond acceptors (Lipinski definition) is 5. The van der Waals surface area contributed by atoms with Crippen LogP contribution in [0.2, 0.25) is 0 Å². The summed E-state index contributed by atoms with van der Waals surface area (Å²) in [6.07, 6.45) is 1.48. The van der Waals surface area contributed by atoms with Crippen molar-refractivity contribution in [1.82, 2.24) is 4.98 Å². The van der Waals surface area contributed by atoms with E-state index in [2.05, 4.69) is 27.4 Å². The van der Waals surface area contributed by atoms with Gasteiger partial charge in [0.1, 0.15) is 0 Å². The van der Waals surface area contributed by atoms with E-state index in [1.165, 1.54) is 18.3 Å². The predicted octanol–water partition coefficient (Wildman–Crippen LogP) is 2.96. The average molecular weight is 290 g/mol. The molecule has 1 aromatic carbocycles. The van der Waals surface area contributed by atoms with Gasteiger partial charge >= 0.3 is 0 Å². The highest BCUT2D eigenvalue weighted by molar-refractivity contribution is 7.91. The second-order valence-electron chi connectivity index (χ2n) is 3.87. The molecule has 0 fully saturated rings. The molecule has 0 aliphatic carbocycles. The van der Waals surface area contributed by atoms with Crippen LogP contribution in [0.1, 0.15) is 5.56 Å². The fraction of sp³-hybridized carbons (Fsp3) is 0.0769. The monoisotopic (exact) mass is 290 g/mol. The summed E-state index contributed by atoms with van der Waals surface area (Å²) in [5, 5.41) is 2.27. The van der Waals surface area contributed by atoms with Crippen LogP contribution < -0.4 is 0 Å². The molecule has 0 aliphatic rings. The summed E-state index contributed by atoms with van der Waals surface area (Å²) in [6, 6.07) is 9.38. The number of benzene rings is 1. The zero-order valence-electron chi connectivity index (χ0n) is 10.1. The molecule has 6 heteroatoms. The van der Waals surface area contributed by atoms with Crippen LogP contribution in [0.25, 0.3) is 0 Å². The number of isothiocyanates is 1. The molecule has 2 aromatic rings. The molecule has 0 bridgehead atoms. The number of hydrogen-bond donors (Lipinski definition) is 0. The third kappa shape index (κ3) is 2.93. The van der Waals surface area contributed by atoms with E-state index in [4.69, 9.17) is 0 Å². The van der Waals surface area contributed by atoms with Crippen molar-refractivity contribution in [2.75, 3.05) is 0 Å². The topological polar surface area (TPSA) is 59.4 Å². The number of rotatable bonds is 3. The van der Waals surface area contributed by atoms with Crippen LogP contribution in [0.3, 0.4) is 0 Å². The molecule has 0 atom stereocenters. The maximum atomic E-state index is 12.3. The van der Waals surface area contributed by atoms with Crippen molar-refractivity contribution in [2.45, 2.75) is 16.8 Å². The summed E-state index contributed by atoms with van der Waals surface area (Å²) in [5.74, 6) is 0. The predicted molar refractivity (Wildman–Crippen MR) is 75.6 cm³/mol. The van der Waals surface area contributed by atoms with Gasteiger partial charge in [0.15, 0.2) is 5.03 Å². The van der Waals surface area contributed by atoms with Crippen molar-refractivity contribution < 1.29 is 8.42 Å². The Bertz CT molecular complexity index is 746. The fourth-order valence-corrected chi connectivity index (χ4v) is 2.91. The lowest BCUT2D eigenvalue weighted by Gasteiger charge is -2.04. The van der Waals surface area contributed by atoms with Crippen molar-refractivity contribution in [3.05, 3.63) is 48.2 Å². The second-order valence-corrected chi connectivity index (χ2v) is 5.95. The van der Waals surface area contributed by atoms with Gasteiger partial charge in [-0.2, -0.15) is 4.99 Å². The molecule has 0 saturated heterocycles. The third-order valence-corrected chi connectivity index (χ3v) is 4.25. The summed E-state index contributed by atoms with van der Waals surface area (Å²) in [5.41, 5.74) is 1.40. The third-order valence-electron chi connectivity index (χ3n) is 2.49. The Morgan fingerprint density at radius 3 is 2.47 bits per heavy atom. The van der Waals surface area contributed by atoms with E-state index in [1.54, 1.807) is 24.3 Å². The van der Waals surface area contributed by atoms with E-state index in [-0.39, 0.29) is 9.92 Å². The molecule has 0 spiro atoms. The van der Waals surface area contributed by atoms with Crippen molar-refractivity contribution in [2.24, 2.45) is 4.99 Å². The first kappa shape index (κ1) is 13.5. The Morgan fingerprint density at radius 2 is 1.89 bits per heavy atom. The van der Waals surface area contributed by atoms with Crippen LogP contribution in [0.5, 0.6) is 0 Å². The number of sulfone groups is 1. The highest BCUT2D eigenvalue weighted by Crippen LogP contribution is 2.22. The van der Waals surface area contributed by atoms with Crippen molar-refractivity contribution >= 4 is 32.9 Å². The summed E-state index contributed by atoms with van der Waals surface area (Å²) in [4.78, 5) is 7.85. The van der Waals surface area contributed by atoms with Crippen LogP contribution in [-0.4, -0.2) is 18.6 Å². The van der Waals surface area contributed by atoms with Gasteiger partial charge < -0.3 is 0 Å². The highest BCUT2D eigenvalue weighted by atomic mass is 32.2. The molecule has 0 saturated carbocycles. The van der Waals surface area contributed by atoms with Gasteiger partial charge in [0.25, 0.3) is 0 Å². The van der Waals surface area contributed by atoms with E-state index in [9.17, 15) is 8.42 Å². The SMILES string of the molecule is Cc1ccnc(S(=O)(=O)c2ccc(N=C=S)cc2)c1. The second kappa shape index (κ2) is 5.40. The van der Waals surface area contributed by atoms with Crippen LogP contribution in [0, 0.1) is 6.92 Å². The molecule has 0 unspecified atom stereocenters. The number of pyridine rings is 1. The normalized spacial score (nSPS) is 10.8. The fourth-order valence-electron chi connectivity index (χ4n) is 1.53. The van der Waals surface area contributed by atoms with E-state index in [0.29, 0.717) is 5.69 Å². The standard InChI is InChI=1S/C13H10N2O2S2/c1-10-6-7-14-13(8-10)19(16,17)12-4-2-11(3-5-12)15-9-18/h2-8H,1H3. The van der Waals surface area contributed by atoms with Crippen molar-refractivity contribution in [3.63, 3.8) is 0 Å². The minimum atomic E-state index is -3.59. The number of thiocarbonyl (C=S) groups is 1. The smallest absolute Gasteiger partial charge is 0.223 e. The van der Waals surface area contributed by atoms with Gasteiger partial charge in [-0.25, -0.2) is 13.4 Å². The zero-order valence-corrected chi connectivity index (χ0v) is 11.7. The summed E-state index contributed by atoms with van der Waals surface area (Å²) in [6.45, 7) is 1.82. The van der Waals surface area contributed by atoms with Crippen LogP contribution >= 0.6 is 12.2 Å². The Morgan fingerprint density at radius 1 is 1.21 bits per heavy atom. The first-order valence-electron chi connectivity index (χ1n) is 5.40. The molecule has 4 nitrogen and oxygen atoms in total. The van der Waals surface area contributed by atoms with Gasteiger partial charge in [-0.15, -0.1) is 0 Å². The maximum absolute atomic E-state index is 12.3. The zero-order chi connectivity index (χ0) is 13.9. The Kier molecular flexibility index (Phi) is 3.85. The average Bonchev–Trinajstić information content (AvgIpc) is 2.40. The first-order valence-corrected chi connectivity index (χ1v) is 7.29. The molecule has 2 rings (SSSR count). The molecule has 0 N–H and O–H groups in total. The largest absolute Gasteiger partial charge is 0.244 e. The number of aliphatic imine (C=N–C) groups is 1. The summed E-state index contributed by atoms with van der Waals surface area (Å²) < 4.78 is 24.7. The molecular weight excluding hydrogens is 280 g/mol. The Balaban J connectivity index is 2.47. The lowest BCUT2D eigenvalue weighted by Crippen LogP contribution is -2.04. The molecule has 1 heterocycles. The highest BCUT2D eigenvalue weighted by Gasteiger charge is 2.18. The van der Waals surface area contributed by atoms with Gasteiger partial charge in [-0.3, -0.25) is 0 Å². The van der Waals surface area contributed by atoms with Crippen LogP contribution in [0.4, 0.5) is 5.69 Å². The summed E-state index contributed by atoms with van der Waals surface area (Å²) >= 11 is 4.49. The lowest BCUT2D eigenvalue weighted by atomic mass is 10.3. The number of aryl methyl sites for hydroxylation is 1. The number of nitrogens with zero attached hydrogens (tertiary/aromatic N) is 2. The molecule has 1 aromatic heterocycles. The van der Waals surface area contributed by atoms with Gasteiger partial charge in [0.2, 0.25) is 9.84 Å². The van der Waals surface area contributed by atoms with E-state index in [0.717, 1.165) is 5.56 Å². The van der Waals surface area contributed by atoms with E-state index < -0.39 is 9.84 Å². The summed E-state index contributed by atoms with van der Waals surface area (Å²) in [7, 11) is -3.59. The van der Waals surface area contributed by atoms with Gasteiger partial charge in [0.05, 0.1) is 15.7 Å². The van der Waals surface area contributed by atoms with Gasteiger partial charge in [0, 0.05) is 6.20 Å². The quantitative estimate of drug-likeness (QED) is 0.644. The van der Waals surface area contributed by atoms with E-state index >= 15 is 0 Å². The molecule has 96 valence electrons. The van der Waals surface area contributed by atoms with Gasteiger partial charge in [-0.1, -0.05) is 0 Å². The minimum absolute atomic E-state index is 0.0404. The number of aromatic nitrogens is 1. The maximum Gasteiger partial charge on any atom is 0.223 e. The van der Waals surface area contributed by atoms with Crippen molar-refractivity contribution in [3.8, 4) is 0 Å². The lowest BCUT2D eigenvalue weighted by molar-refractivity contribution is 0.592.